The van der Waals surface area contributed by atoms with E-state index in [-0.39, 0.29) is 25.8 Å². The summed E-state index contributed by atoms with van der Waals surface area (Å²) in [7, 11) is 0. The van der Waals surface area contributed by atoms with Crippen molar-refractivity contribution in [3.05, 3.63) is 0 Å². The van der Waals surface area contributed by atoms with Gasteiger partial charge in [-0.15, -0.1) is 0 Å². The van der Waals surface area contributed by atoms with E-state index in [4.69, 9.17) is 27.9 Å². The zero-order valence-electron chi connectivity index (χ0n) is 15.0. The molecule has 0 heterocycles. The van der Waals surface area contributed by atoms with E-state index in [0.717, 1.165) is 0 Å². The van der Waals surface area contributed by atoms with Crippen molar-refractivity contribution in [2.24, 2.45) is 5.73 Å². The minimum atomic E-state index is -3.63. The van der Waals surface area contributed by atoms with Crippen LogP contribution in [0.1, 0.15) is 38.9 Å². The van der Waals surface area contributed by atoms with Gasteiger partial charge in [0.25, 0.3) is 0 Å². The number of nitrogens with one attached hydrogen (secondary N) is 1. The molecule has 2 atom stereocenters. The molecule has 0 saturated carbocycles. The Morgan fingerprint density at radius 3 is 2.32 bits per heavy atom. The molecule has 8 nitrogen and oxygen atoms in total. The largest absolute Gasteiger partial charge is 0.481 e. The summed E-state index contributed by atoms with van der Waals surface area (Å²) in [6.07, 6.45) is -6.81. The molecule has 0 amide bonds. The van der Waals surface area contributed by atoms with Crippen LogP contribution in [0.2, 0.25) is 0 Å². The topological polar surface area (TPSA) is 150 Å². The molecule has 6 N–H and O–H groups in total. The molecule has 1 unspecified atom stereocenters. The third-order valence-electron chi connectivity index (χ3n) is 2.07. The Hall–Kier alpha value is -1.67. The van der Waals surface area contributed by atoms with Gasteiger partial charge in [0.05, 0.1) is 1.37 Å². The van der Waals surface area contributed by atoms with Crippen LogP contribution in [0.3, 0.4) is 0 Å². The van der Waals surface area contributed by atoms with E-state index in [2.05, 4.69) is 0 Å². The van der Waals surface area contributed by atoms with Gasteiger partial charge in [-0.05, 0) is 25.8 Å². The molecule has 0 aliphatic heterocycles. The van der Waals surface area contributed by atoms with Gasteiger partial charge in [-0.3, -0.25) is 14.4 Å². The van der Waals surface area contributed by atoms with Gasteiger partial charge in [-0.1, -0.05) is 6.42 Å². The van der Waals surface area contributed by atoms with Gasteiger partial charge >= 0.3 is 17.9 Å². The summed E-state index contributed by atoms with van der Waals surface area (Å²) < 4.78 is 37.2. The van der Waals surface area contributed by atoms with Crippen LogP contribution < -0.4 is 11.1 Å². The first-order valence-corrected chi connectivity index (χ1v) is 5.42. The Morgan fingerprint density at radius 2 is 1.84 bits per heavy atom. The predicted molar refractivity (Wildman–Crippen MR) is 65.8 cm³/mol. The van der Waals surface area contributed by atoms with Crippen molar-refractivity contribution in [3.8, 4) is 0 Å². The fourth-order valence-corrected chi connectivity index (χ4v) is 1.12. The number of nitrogens with two attached hydrogens (primary N) is 1. The molecule has 0 aromatic rings. The average Bonchev–Trinajstić information content (AvgIpc) is 2.45. The number of hydrogen-bond donors (Lipinski definition) is 5. The monoisotopic (exact) mass is 281 g/mol. The minimum absolute atomic E-state index is 0.0674. The maximum Gasteiger partial charge on any atom is 0.320 e. The van der Waals surface area contributed by atoms with Gasteiger partial charge in [0.2, 0.25) is 0 Å². The molecule has 0 aromatic carbocycles. The second-order valence-electron chi connectivity index (χ2n) is 3.60. The summed E-state index contributed by atoms with van der Waals surface area (Å²) in [5.41, 5.74) is 5.27. The maximum atomic E-state index is 11.3. The van der Waals surface area contributed by atoms with Crippen LogP contribution in [0.4, 0.5) is 0 Å². The molecule has 110 valence electrons. The summed E-state index contributed by atoms with van der Waals surface area (Å²) in [4.78, 5) is 32.6. The lowest BCUT2D eigenvalue weighted by molar-refractivity contribution is -0.141. The van der Waals surface area contributed by atoms with Crippen LogP contribution in [0.5, 0.6) is 0 Å². The van der Waals surface area contributed by atoms with Gasteiger partial charge in [-0.25, -0.2) is 0 Å². The standard InChI is InChI=1S/C11H20N2O6/c12-7(10(16)17)3-1-2-6-13-8(11(18)19)4-5-9(14)15/h7-8,13H,1-6,12H2,(H,14,15)(H,16,17)(H,18,19)/t7-,8?/m0/s1/i4D2,5D2,8D. The SMILES string of the molecule is [2H]C([2H])(C(=O)O)C([2H])([2H])C([2H])(NCCCC[C@H](N)C(=O)O)C(=O)O. The first kappa shape index (κ1) is 10.2. The van der Waals surface area contributed by atoms with Gasteiger partial charge in [0, 0.05) is 11.9 Å². The van der Waals surface area contributed by atoms with E-state index in [1.54, 1.807) is 0 Å². The summed E-state index contributed by atoms with van der Waals surface area (Å²) >= 11 is 0. The minimum Gasteiger partial charge on any atom is -0.481 e. The smallest absolute Gasteiger partial charge is 0.320 e. The Morgan fingerprint density at radius 1 is 1.21 bits per heavy atom. The van der Waals surface area contributed by atoms with E-state index in [1.807, 2.05) is 5.32 Å². The van der Waals surface area contributed by atoms with Gasteiger partial charge in [0.15, 0.2) is 0 Å². The molecule has 0 aromatic heterocycles. The molecular formula is C11H20N2O6. The Bertz CT molecular complexity index is 503. The van der Waals surface area contributed by atoms with Crippen molar-refractivity contribution in [2.75, 3.05) is 6.54 Å². The Labute approximate surface area is 117 Å². The maximum absolute atomic E-state index is 11.3. The lowest BCUT2D eigenvalue weighted by atomic mass is 10.1. The highest BCUT2D eigenvalue weighted by Gasteiger charge is 2.17. The third-order valence-corrected chi connectivity index (χ3v) is 2.07. The lowest BCUT2D eigenvalue weighted by Crippen LogP contribution is -2.37. The van der Waals surface area contributed by atoms with E-state index in [9.17, 15) is 14.4 Å². The van der Waals surface area contributed by atoms with Gasteiger partial charge < -0.3 is 26.4 Å². The molecule has 0 aliphatic rings. The molecule has 19 heavy (non-hydrogen) atoms. The first-order chi connectivity index (χ1) is 10.7. The molecule has 0 fully saturated rings. The Kier molecular flexibility index (Phi) is 4.96. The fourth-order valence-electron chi connectivity index (χ4n) is 1.12. The number of carbonyl (C=O) groups is 3. The molecule has 0 spiro atoms. The van der Waals surface area contributed by atoms with Crippen molar-refractivity contribution >= 4 is 17.9 Å². The summed E-state index contributed by atoms with van der Waals surface area (Å²) in [5, 5.41) is 28.4. The second-order valence-corrected chi connectivity index (χ2v) is 3.60. The van der Waals surface area contributed by atoms with E-state index >= 15 is 0 Å². The van der Waals surface area contributed by atoms with E-state index in [1.165, 1.54) is 0 Å². The van der Waals surface area contributed by atoms with Crippen LogP contribution in [-0.2, 0) is 14.4 Å². The quantitative estimate of drug-likeness (QED) is 0.317. The highest BCUT2D eigenvalue weighted by atomic mass is 16.4. The number of unbranched alkanes of at least 4 members (excludes halogenated alkanes) is 1. The average molecular weight is 281 g/mol. The number of carboxylic acids is 3. The fraction of sp³-hybridized carbons (Fsp3) is 0.727. The number of aliphatic carboxylic acids is 3. The zero-order valence-corrected chi connectivity index (χ0v) is 10.0. The van der Waals surface area contributed by atoms with Crippen LogP contribution in [0.25, 0.3) is 0 Å². The normalized spacial score (nSPS) is 20.8. The van der Waals surface area contributed by atoms with Crippen molar-refractivity contribution in [3.63, 3.8) is 0 Å². The number of rotatable bonds is 11. The van der Waals surface area contributed by atoms with Gasteiger partial charge in [0.1, 0.15) is 12.1 Å². The van der Waals surface area contributed by atoms with Crippen LogP contribution >= 0.6 is 0 Å². The highest BCUT2D eigenvalue weighted by Crippen LogP contribution is 2.01. The predicted octanol–water partition coefficient (Wildman–Crippen LogP) is -0.524. The third kappa shape index (κ3) is 8.97. The molecule has 0 rings (SSSR count). The number of carboxylic acid groups (broad SMARTS) is 3. The highest BCUT2D eigenvalue weighted by molar-refractivity contribution is 5.75. The Balaban J connectivity index is 4.99. The molecule has 0 aliphatic carbocycles. The number of hydrogen-bond acceptors (Lipinski definition) is 5. The van der Waals surface area contributed by atoms with Crippen molar-refractivity contribution < 1.29 is 36.6 Å². The summed E-state index contributed by atoms with van der Waals surface area (Å²) in [6, 6.07) is -4.37. The van der Waals surface area contributed by atoms with E-state index in [0.29, 0.717) is 0 Å². The molecule has 0 bridgehead atoms. The van der Waals surface area contributed by atoms with Crippen LogP contribution in [0.15, 0.2) is 0 Å². The van der Waals surface area contributed by atoms with Gasteiger partial charge in [-0.2, -0.15) is 0 Å². The first-order valence-electron chi connectivity index (χ1n) is 7.92. The lowest BCUT2D eigenvalue weighted by Gasteiger charge is -2.13. The molecular weight excluding hydrogens is 256 g/mol. The van der Waals surface area contributed by atoms with Crippen LogP contribution in [0, 0.1) is 0 Å². The van der Waals surface area contributed by atoms with Crippen LogP contribution in [-0.4, -0.2) is 51.8 Å². The van der Waals surface area contributed by atoms with Crippen molar-refractivity contribution in [2.45, 2.75) is 44.1 Å². The summed E-state index contributed by atoms with van der Waals surface area (Å²) in [5.74, 6) is -5.53. The molecule has 0 radical (unpaired) electrons. The molecule has 8 heteroatoms. The zero-order chi connectivity index (χ0) is 19.3. The second kappa shape index (κ2) is 9.29. The van der Waals surface area contributed by atoms with E-state index < -0.39 is 42.7 Å². The van der Waals surface area contributed by atoms with Crippen molar-refractivity contribution in [1.82, 2.24) is 5.32 Å². The summed E-state index contributed by atoms with van der Waals surface area (Å²) in [6.45, 7) is -0.280. The molecule has 0 saturated heterocycles. The van der Waals surface area contributed by atoms with Crippen molar-refractivity contribution in [1.29, 1.82) is 0 Å².